The third kappa shape index (κ3) is 3.07. The Morgan fingerprint density at radius 1 is 0.435 bits per heavy atom. The van der Waals surface area contributed by atoms with Crippen molar-refractivity contribution in [2.45, 2.75) is 36.6 Å². The molecule has 0 aromatic heterocycles. The normalized spacial score (nSPS) is 9.43. The molecule has 4 rings (SSSR count). The first-order chi connectivity index (χ1) is 9.34. The summed E-state index contributed by atoms with van der Waals surface area (Å²) in [5.41, 5.74) is 1.31. The Kier molecular flexibility index (Phi) is 6.99. The van der Waals surface area contributed by atoms with Crippen molar-refractivity contribution in [2.24, 2.45) is 0 Å². The Hall–Kier alpha value is -2.34. The van der Waals surface area contributed by atoms with Gasteiger partial charge in [-0.3, -0.25) is 0 Å². The number of rotatable bonds is 0. The number of aryl methyl sites for hydroxylation is 1. The van der Waals surface area contributed by atoms with Crippen LogP contribution in [0.5, 0.6) is 0 Å². The monoisotopic (exact) mass is 306 g/mol. The highest BCUT2D eigenvalue weighted by Gasteiger charge is 2.07. The molecule has 23 heavy (non-hydrogen) atoms. The van der Waals surface area contributed by atoms with Crippen LogP contribution < -0.4 is 0 Å². The molecule has 0 spiro atoms. The topological polar surface area (TPSA) is 0 Å². The fourth-order valence-corrected chi connectivity index (χ4v) is 3.02. The molecule has 0 atom stereocenters. The van der Waals surface area contributed by atoms with Gasteiger partial charge >= 0.3 is 0 Å². The average molecular weight is 306 g/mol. The molecule has 0 bridgehead atoms. The van der Waals surface area contributed by atoms with Crippen molar-refractivity contribution in [3.63, 3.8) is 0 Å². The molecule has 122 valence electrons. The van der Waals surface area contributed by atoms with Crippen LogP contribution in [0.4, 0.5) is 0 Å². The molecule has 0 unspecified atom stereocenters. The van der Waals surface area contributed by atoms with Crippen LogP contribution in [0, 0.1) is 6.92 Å². The van der Waals surface area contributed by atoms with Crippen LogP contribution in [0.15, 0.2) is 66.7 Å². The predicted molar refractivity (Wildman–Crippen MR) is 111 cm³/mol. The first kappa shape index (κ1) is 20.7. The molecular weight excluding hydrogens is 276 g/mol. The van der Waals surface area contributed by atoms with E-state index in [4.69, 9.17) is 0 Å². The Morgan fingerprint density at radius 3 is 1.22 bits per heavy atom. The van der Waals surface area contributed by atoms with E-state index in [1.54, 1.807) is 0 Å². The molecular formula is C23H30. The largest absolute Gasteiger partial charge is 0.0776 e. The van der Waals surface area contributed by atoms with Gasteiger partial charge < -0.3 is 0 Å². The van der Waals surface area contributed by atoms with Crippen LogP contribution in [-0.4, -0.2) is 0 Å². The molecule has 4 aromatic carbocycles. The van der Waals surface area contributed by atoms with E-state index in [1.807, 2.05) is 0 Å². The van der Waals surface area contributed by atoms with E-state index in [0.717, 1.165) is 0 Å². The van der Waals surface area contributed by atoms with Gasteiger partial charge in [-0.05, 0) is 39.2 Å². The minimum absolute atomic E-state index is 0. The first-order valence-electron chi connectivity index (χ1n) is 6.64. The van der Waals surface area contributed by atoms with Gasteiger partial charge in [-0.2, -0.15) is 0 Å². The molecule has 0 heterocycles. The van der Waals surface area contributed by atoms with E-state index in [-0.39, 0.29) is 29.7 Å². The van der Waals surface area contributed by atoms with Crippen molar-refractivity contribution in [3.8, 4) is 0 Å². The van der Waals surface area contributed by atoms with Crippen molar-refractivity contribution >= 4 is 32.3 Å². The Balaban J connectivity index is 0.00000121. The maximum absolute atomic E-state index is 2.30. The third-order valence-corrected chi connectivity index (χ3v) is 3.90. The first-order valence-corrected chi connectivity index (χ1v) is 6.64. The van der Waals surface area contributed by atoms with E-state index in [9.17, 15) is 0 Å². The maximum Gasteiger partial charge on any atom is -0.00963 e. The lowest BCUT2D eigenvalue weighted by molar-refractivity contribution is 1.51. The summed E-state index contributed by atoms with van der Waals surface area (Å²) in [7, 11) is 0. The van der Waals surface area contributed by atoms with E-state index >= 15 is 0 Å². The Morgan fingerprint density at radius 2 is 0.783 bits per heavy atom. The Bertz CT molecular complexity index is 881. The van der Waals surface area contributed by atoms with Crippen molar-refractivity contribution in [1.29, 1.82) is 0 Å². The fraction of sp³-hybridized carbons (Fsp3) is 0.217. The highest BCUT2D eigenvalue weighted by molar-refractivity contribution is 6.25. The van der Waals surface area contributed by atoms with Gasteiger partial charge in [0.1, 0.15) is 0 Å². The molecule has 0 amide bonds. The molecule has 0 saturated heterocycles. The zero-order chi connectivity index (χ0) is 12.8. The minimum Gasteiger partial charge on any atom is -0.0776 e. The smallest absolute Gasteiger partial charge is 0.00963 e. The maximum atomic E-state index is 2.30. The second-order valence-electron chi connectivity index (χ2n) is 5.14. The van der Waals surface area contributed by atoms with Gasteiger partial charge in [0.2, 0.25) is 0 Å². The summed E-state index contributed by atoms with van der Waals surface area (Å²) >= 11 is 0. The molecule has 0 saturated carbocycles. The molecule has 4 aromatic rings. The average Bonchev–Trinajstić information content (AvgIpc) is 2.47. The van der Waals surface area contributed by atoms with Crippen molar-refractivity contribution in [1.82, 2.24) is 0 Å². The second-order valence-corrected chi connectivity index (χ2v) is 5.14. The molecule has 0 aliphatic rings. The predicted octanol–water partition coefficient (Wildman–Crippen LogP) is 8.00. The van der Waals surface area contributed by atoms with Crippen molar-refractivity contribution in [2.75, 3.05) is 0 Å². The highest BCUT2D eigenvalue weighted by Crippen LogP contribution is 2.34. The van der Waals surface area contributed by atoms with E-state index in [1.165, 1.54) is 37.9 Å². The second kappa shape index (κ2) is 7.78. The van der Waals surface area contributed by atoms with Gasteiger partial charge in [0.15, 0.2) is 0 Å². The summed E-state index contributed by atoms with van der Waals surface area (Å²) in [6.45, 7) is 2.16. The van der Waals surface area contributed by atoms with E-state index in [2.05, 4.69) is 73.7 Å². The SMILES string of the molecule is C.C.C.C.Cc1ccc2c3ccccc3c3ccccc3c2c1. The van der Waals surface area contributed by atoms with Gasteiger partial charge in [0, 0.05) is 0 Å². The molecule has 0 N–H and O–H groups in total. The molecule has 0 radical (unpaired) electrons. The van der Waals surface area contributed by atoms with Crippen molar-refractivity contribution in [3.05, 3.63) is 72.3 Å². The number of hydrogen-bond donors (Lipinski definition) is 0. The summed E-state index contributed by atoms with van der Waals surface area (Å²) < 4.78 is 0. The van der Waals surface area contributed by atoms with Crippen LogP contribution in [-0.2, 0) is 0 Å². The summed E-state index contributed by atoms with van der Waals surface area (Å²) in [6, 6.07) is 24.1. The summed E-state index contributed by atoms with van der Waals surface area (Å²) in [4.78, 5) is 0. The van der Waals surface area contributed by atoms with Crippen LogP contribution in [0.3, 0.4) is 0 Å². The van der Waals surface area contributed by atoms with E-state index < -0.39 is 0 Å². The molecule has 0 nitrogen and oxygen atoms in total. The zero-order valence-electron chi connectivity index (χ0n) is 10.9. The quantitative estimate of drug-likeness (QED) is 0.289. The van der Waals surface area contributed by atoms with E-state index in [0.29, 0.717) is 0 Å². The molecule has 0 fully saturated rings. The zero-order valence-corrected chi connectivity index (χ0v) is 10.9. The number of fused-ring (bicyclic) bond motifs is 6. The van der Waals surface area contributed by atoms with Crippen LogP contribution >= 0.6 is 0 Å². The molecule has 0 aliphatic carbocycles. The fourth-order valence-electron chi connectivity index (χ4n) is 3.02. The number of benzene rings is 4. The summed E-state index contributed by atoms with van der Waals surface area (Å²) in [6.07, 6.45) is 0. The van der Waals surface area contributed by atoms with Gasteiger partial charge in [0.05, 0.1) is 0 Å². The molecule has 0 heteroatoms. The van der Waals surface area contributed by atoms with Crippen LogP contribution in [0.1, 0.15) is 35.3 Å². The minimum atomic E-state index is 0. The summed E-state index contributed by atoms with van der Waals surface area (Å²) in [5, 5.41) is 8.08. The van der Waals surface area contributed by atoms with Crippen molar-refractivity contribution < 1.29 is 0 Å². The highest BCUT2D eigenvalue weighted by atomic mass is 14.1. The third-order valence-electron chi connectivity index (χ3n) is 3.90. The lowest BCUT2D eigenvalue weighted by Crippen LogP contribution is -1.83. The van der Waals surface area contributed by atoms with Gasteiger partial charge in [-0.15, -0.1) is 0 Å². The van der Waals surface area contributed by atoms with Gasteiger partial charge in [0.25, 0.3) is 0 Å². The standard InChI is InChI=1S/C19H14.4CH4/c1-13-10-11-18-16-8-3-2-6-14(16)15-7-4-5-9-17(15)19(18)12-13;;;;/h2-12H,1H3;4*1H4. The summed E-state index contributed by atoms with van der Waals surface area (Å²) in [5.74, 6) is 0. The number of hydrogen-bond acceptors (Lipinski definition) is 0. The lowest BCUT2D eigenvalue weighted by Gasteiger charge is -2.10. The Labute approximate surface area is 141 Å². The van der Waals surface area contributed by atoms with Gasteiger partial charge in [-0.25, -0.2) is 0 Å². The lowest BCUT2D eigenvalue weighted by atomic mass is 9.93. The van der Waals surface area contributed by atoms with Crippen LogP contribution in [0.2, 0.25) is 0 Å². The van der Waals surface area contributed by atoms with Crippen LogP contribution in [0.25, 0.3) is 32.3 Å². The molecule has 0 aliphatic heterocycles. The van der Waals surface area contributed by atoms with Gasteiger partial charge in [-0.1, -0.05) is 102 Å².